The molecule has 0 saturated carbocycles. The molecule has 0 bridgehead atoms. The first-order valence-corrected chi connectivity index (χ1v) is 9.33. The van der Waals surface area contributed by atoms with Crippen molar-refractivity contribution >= 4 is 23.4 Å². The molecule has 154 valence electrons. The zero-order valence-electron chi connectivity index (χ0n) is 15.7. The molecule has 0 aliphatic carbocycles. The van der Waals surface area contributed by atoms with Crippen molar-refractivity contribution in [2.75, 3.05) is 6.61 Å². The fourth-order valence-corrected chi connectivity index (χ4v) is 2.68. The number of hydrazine groups is 1. The summed E-state index contributed by atoms with van der Waals surface area (Å²) in [6.45, 7) is 0.128. The van der Waals surface area contributed by atoms with E-state index in [-0.39, 0.29) is 17.2 Å². The smallest absolute Gasteiger partial charge is 0.276 e. The van der Waals surface area contributed by atoms with Crippen molar-refractivity contribution in [3.05, 3.63) is 94.8 Å². The van der Waals surface area contributed by atoms with Gasteiger partial charge in [-0.3, -0.25) is 20.4 Å². The minimum Gasteiger partial charge on any atom is -0.489 e. The van der Waals surface area contributed by atoms with Crippen LogP contribution >= 0.6 is 11.6 Å². The number of hydrogen-bond acceptors (Lipinski definition) is 4. The van der Waals surface area contributed by atoms with E-state index in [9.17, 15) is 14.0 Å². The van der Waals surface area contributed by atoms with Crippen molar-refractivity contribution in [1.29, 1.82) is 0 Å². The number of carbonyl (C=O) groups excluding carboxylic acids is 2. The van der Waals surface area contributed by atoms with Crippen LogP contribution in [0.25, 0.3) is 0 Å². The van der Waals surface area contributed by atoms with Crippen LogP contribution in [-0.2, 0) is 11.4 Å². The summed E-state index contributed by atoms with van der Waals surface area (Å²) in [6, 6.07) is 19.9. The van der Waals surface area contributed by atoms with Crippen LogP contribution in [0.15, 0.2) is 72.8 Å². The number of ether oxygens (including phenoxy) is 2. The van der Waals surface area contributed by atoms with E-state index in [1.54, 1.807) is 24.3 Å². The highest BCUT2D eigenvalue weighted by molar-refractivity contribution is 6.33. The molecular weight excluding hydrogens is 411 g/mol. The van der Waals surface area contributed by atoms with Crippen LogP contribution in [0.2, 0.25) is 5.02 Å². The first kappa shape index (κ1) is 21.1. The summed E-state index contributed by atoms with van der Waals surface area (Å²) in [5.74, 6) is -0.686. The van der Waals surface area contributed by atoms with E-state index >= 15 is 0 Å². The second-order valence-electron chi connectivity index (χ2n) is 6.16. The first-order valence-electron chi connectivity index (χ1n) is 8.95. The Balaban J connectivity index is 1.41. The molecule has 0 aromatic heterocycles. The molecule has 0 radical (unpaired) electrons. The van der Waals surface area contributed by atoms with Gasteiger partial charge in [0.05, 0.1) is 10.6 Å². The Bertz CT molecular complexity index is 1010. The molecule has 2 amide bonds. The predicted octanol–water partition coefficient (Wildman–Crippen LogP) is 3.90. The third-order valence-corrected chi connectivity index (χ3v) is 4.25. The monoisotopic (exact) mass is 428 g/mol. The summed E-state index contributed by atoms with van der Waals surface area (Å²) in [7, 11) is 0. The largest absolute Gasteiger partial charge is 0.489 e. The van der Waals surface area contributed by atoms with Crippen molar-refractivity contribution in [3.63, 3.8) is 0 Å². The van der Waals surface area contributed by atoms with Crippen LogP contribution in [-0.4, -0.2) is 18.4 Å². The fraction of sp³-hybridized carbons (Fsp3) is 0.0909. The zero-order valence-corrected chi connectivity index (χ0v) is 16.5. The summed E-state index contributed by atoms with van der Waals surface area (Å²) < 4.78 is 24.1. The number of amides is 2. The molecule has 8 heteroatoms. The topological polar surface area (TPSA) is 76.7 Å². The number of rotatable bonds is 7. The van der Waals surface area contributed by atoms with E-state index in [1.807, 2.05) is 30.3 Å². The Morgan fingerprint density at radius 1 is 0.867 bits per heavy atom. The quantitative estimate of drug-likeness (QED) is 0.560. The Labute approximate surface area is 177 Å². The van der Waals surface area contributed by atoms with Gasteiger partial charge in [0.2, 0.25) is 0 Å². The number of halogens is 2. The van der Waals surface area contributed by atoms with E-state index in [0.29, 0.717) is 18.1 Å². The lowest BCUT2D eigenvalue weighted by atomic mass is 10.2. The van der Waals surface area contributed by atoms with Crippen LogP contribution in [0.5, 0.6) is 11.5 Å². The second kappa shape index (κ2) is 10.3. The summed E-state index contributed by atoms with van der Waals surface area (Å²) in [4.78, 5) is 23.8. The average Bonchev–Trinajstić information content (AvgIpc) is 2.76. The van der Waals surface area contributed by atoms with Crippen molar-refractivity contribution in [2.24, 2.45) is 0 Å². The molecule has 0 unspecified atom stereocenters. The number of benzene rings is 3. The van der Waals surface area contributed by atoms with Gasteiger partial charge in [0.15, 0.2) is 6.61 Å². The van der Waals surface area contributed by atoms with Gasteiger partial charge in [0.25, 0.3) is 11.8 Å². The van der Waals surface area contributed by atoms with Gasteiger partial charge in [-0.2, -0.15) is 0 Å². The zero-order chi connectivity index (χ0) is 21.3. The molecule has 3 aromatic carbocycles. The number of carbonyl (C=O) groups is 2. The molecule has 0 spiro atoms. The molecule has 2 N–H and O–H groups in total. The predicted molar refractivity (Wildman–Crippen MR) is 110 cm³/mol. The van der Waals surface area contributed by atoms with Gasteiger partial charge in [-0.25, -0.2) is 4.39 Å². The van der Waals surface area contributed by atoms with E-state index in [4.69, 9.17) is 21.1 Å². The van der Waals surface area contributed by atoms with Crippen LogP contribution < -0.4 is 20.3 Å². The highest BCUT2D eigenvalue weighted by Gasteiger charge is 2.12. The number of hydrogen-bond donors (Lipinski definition) is 2. The van der Waals surface area contributed by atoms with Gasteiger partial charge in [0, 0.05) is 0 Å². The van der Waals surface area contributed by atoms with E-state index in [1.165, 1.54) is 6.07 Å². The second-order valence-corrected chi connectivity index (χ2v) is 6.57. The first-order chi connectivity index (χ1) is 14.5. The van der Waals surface area contributed by atoms with Gasteiger partial charge >= 0.3 is 0 Å². The molecule has 0 saturated heterocycles. The summed E-state index contributed by atoms with van der Waals surface area (Å²) in [6.07, 6.45) is 0. The lowest BCUT2D eigenvalue weighted by Gasteiger charge is -2.10. The highest BCUT2D eigenvalue weighted by atomic mass is 35.5. The molecule has 3 aromatic rings. The maximum Gasteiger partial charge on any atom is 0.276 e. The van der Waals surface area contributed by atoms with Crippen molar-refractivity contribution < 1.29 is 23.5 Å². The molecule has 0 aliphatic rings. The van der Waals surface area contributed by atoms with Gasteiger partial charge in [0.1, 0.15) is 23.9 Å². The Morgan fingerprint density at radius 3 is 2.20 bits per heavy atom. The standard InChI is InChI=1S/C22H18ClFN2O4/c23-20-12-16(24)6-11-19(20)22(28)26-25-21(27)14-30-18-9-7-17(8-10-18)29-13-15-4-2-1-3-5-15/h1-12H,13-14H2,(H,25,27)(H,26,28). The van der Waals surface area contributed by atoms with Gasteiger partial charge in [-0.15, -0.1) is 0 Å². The van der Waals surface area contributed by atoms with E-state index in [0.717, 1.165) is 17.7 Å². The molecule has 0 fully saturated rings. The van der Waals surface area contributed by atoms with E-state index < -0.39 is 17.6 Å². The van der Waals surface area contributed by atoms with Crippen LogP contribution in [0, 0.1) is 5.82 Å². The Hall–Kier alpha value is -3.58. The lowest BCUT2D eigenvalue weighted by molar-refractivity contribution is -0.123. The Morgan fingerprint density at radius 2 is 1.53 bits per heavy atom. The molecule has 0 heterocycles. The minimum absolute atomic E-state index is 0.0328. The summed E-state index contributed by atoms with van der Waals surface area (Å²) in [5.41, 5.74) is 5.48. The lowest BCUT2D eigenvalue weighted by Crippen LogP contribution is -2.43. The maximum absolute atomic E-state index is 13.0. The molecule has 6 nitrogen and oxygen atoms in total. The maximum atomic E-state index is 13.0. The van der Waals surface area contributed by atoms with Gasteiger partial charge in [-0.05, 0) is 48.0 Å². The highest BCUT2D eigenvalue weighted by Crippen LogP contribution is 2.19. The average molecular weight is 429 g/mol. The molecule has 0 aliphatic heterocycles. The summed E-state index contributed by atoms with van der Waals surface area (Å²) in [5, 5.41) is -0.0624. The molecule has 3 rings (SSSR count). The van der Waals surface area contributed by atoms with Gasteiger partial charge < -0.3 is 9.47 Å². The van der Waals surface area contributed by atoms with Crippen LogP contribution in [0.1, 0.15) is 15.9 Å². The summed E-state index contributed by atoms with van der Waals surface area (Å²) >= 11 is 5.80. The molecular formula is C22H18ClFN2O4. The number of nitrogens with one attached hydrogen (secondary N) is 2. The normalized spacial score (nSPS) is 10.2. The molecule has 30 heavy (non-hydrogen) atoms. The van der Waals surface area contributed by atoms with Crippen molar-refractivity contribution in [2.45, 2.75) is 6.61 Å². The van der Waals surface area contributed by atoms with Crippen LogP contribution in [0.4, 0.5) is 4.39 Å². The third kappa shape index (κ3) is 6.22. The molecule has 0 atom stereocenters. The third-order valence-electron chi connectivity index (χ3n) is 3.93. The van der Waals surface area contributed by atoms with Crippen molar-refractivity contribution in [1.82, 2.24) is 10.9 Å². The minimum atomic E-state index is -0.673. The Kier molecular flexibility index (Phi) is 7.24. The van der Waals surface area contributed by atoms with E-state index in [2.05, 4.69) is 10.9 Å². The van der Waals surface area contributed by atoms with Gasteiger partial charge in [-0.1, -0.05) is 41.9 Å². The fourth-order valence-electron chi connectivity index (χ4n) is 2.43. The van der Waals surface area contributed by atoms with Crippen molar-refractivity contribution in [3.8, 4) is 11.5 Å². The van der Waals surface area contributed by atoms with Crippen LogP contribution in [0.3, 0.4) is 0 Å². The SMILES string of the molecule is O=C(COc1ccc(OCc2ccccc2)cc1)NNC(=O)c1ccc(F)cc1Cl.